The zero-order valence-electron chi connectivity index (χ0n) is 17.9. The maximum atomic E-state index is 12.2. The number of amides is 1. The van der Waals surface area contributed by atoms with Crippen molar-refractivity contribution in [1.29, 1.82) is 0 Å². The molecule has 0 N–H and O–H groups in total. The van der Waals surface area contributed by atoms with Crippen molar-refractivity contribution in [3.8, 4) is 0 Å². The second-order valence-electron chi connectivity index (χ2n) is 9.60. The van der Waals surface area contributed by atoms with Crippen molar-refractivity contribution in [2.75, 3.05) is 39.4 Å². The van der Waals surface area contributed by atoms with E-state index < -0.39 is 5.60 Å². The maximum absolute atomic E-state index is 12.2. The van der Waals surface area contributed by atoms with Crippen LogP contribution >= 0.6 is 0 Å². The van der Waals surface area contributed by atoms with Gasteiger partial charge in [-0.3, -0.25) is 4.90 Å². The molecule has 0 bridgehead atoms. The molecule has 2 aliphatic heterocycles. The van der Waals surface area contributed by atoms with Gasteiger partial charge in [-0.15, -0.1) is 0 Å². The van der Waals surface area contributed by atoms with Crippen LogP contribution in [0.15, 0.2) is 24.3 Å². The molecule has 2 saturated heterocycles. The van der Waals surface area contributed by atoms with Crippen LogP contribution in [0.1, 0.15) is 40.2 Å². The molecule has 28 heavy (non-hydrogen) atoms. The number of nitrogens with zero attached hydrogens (tertiary/aromatic N) is 2. The Balaban J connectivity index is 1.46. The Morgan fingerprint density at radius 1 is 1.07 bits per heavy atom. The average Bonchev–Trinajstić information content (AvgIpc) is 2.62. The van der Waals surface area contributed by atoms with Gasteiger partial charge < -0.3 is 18.9 Å². The maximum Gasteiger partial charge on any atom is 0.493 e. The topological polar surface area (TPSA) is 51.2 Å². The smallest absolute Gasteiger partial charge is 0.444 e. The van der Waals surface area contributed by atoms with Gasteiger partial charge in [0.2, 0.25) is 0 Å². The summed E-state index contributed by atoms with van der Waals surface area (Å²) in [6.07, 6.45) is -0.216. The molecule has 0 spiro atoms. The highest BCUT2D eigenvalue weighted by molar-refractivity contribution is 6.61. The summed E-state index contributed by atoms with van der Waals surface area (Å²) in [5.41, 5.74) is 1.95. The second kappa shape index (κ2) is 8.43. The zero-order valence-corrected chi connectivity index (χ0v) is 17.9. The van der Waals surface area contributed by atoms with Gasteiger partial charge in [0.1, 0.15) is 5.60 Å². The van der Waals surface area contributed by atoms with Crippen LogP contribution in [-0.2, 0) is 20.6 Å². The Bertz CT molecular complexity index is 654. The minimum absolute atomic E-state index is 0.0812. The third-order valence-corrected chi connectivity index (χ3v) is 4.93. The Morgan fingerprint density at radius 3 is 2.18 bits per heavy atom. The number of ether oxygens (including phenoxy) is 1. The fourth-order valence-corrected chi connectivity index (χ4v) is 3.34. The summed E-state index contributed by atoms with van der Waals surface area (Å²) in [6, 6.07) is 8.47. The Labute approximate surface area is 169 Å². The lowest BCUT2D eigenvalue weighted by atomic mass is 9.75. The van der Waals surface area contributed by atoms with E-state index in [-0.39, 0.29) is 18.6 Å². The Morgan fingerprint density at radius 2 is 1.64 bits per heavy atom. The lowest BCUT2D eigenvalue weighted by Crippen LogP contribution is -2.49. The van der Waals surface area contributed by atoms with Crippen LogP contribution in [-0.4, -0.2) is 68.0 Å². The number of piperazine rings is 1. The first-order valence-corrected chi connectivity index (χ1v) is 10.1. The fraction of sp³-hybridized carbons (Fsp3) is 0.667. The van der Waals surface area contributed by atoms with Gasteiger partial charge in [-0.25, -0.2) is 4.79 Å². The second-order valence-corrected chi connectivity index (χ2v) is 9.60. The standard InChI is InChI=1S/C21H33BN2O4/c1-20(2,3)28-19(25)24-12-10-23(11-13-24)14-17-6-8-18(9-7-17)22-26-15-21(4,5)16-27-22/h6-9H,10-16H2,1-5H3. The van der Waals surface area contributed by atoms with E-state index in [4.69, 9.17) is 14.0 Å². The molecule has 1 amide bonds. The molecule has 0 unspecified atom stereocenters. The molecule has 154 valence electrons. The van der Waals surface area contributed by atoms with E-state index in [2.05, 4.69) is 43.0 Å². The molecule has 3 rings (SSSR count). The Hall–Kier alpha value is -1.57. The van der Waals surface area contributed by atoms with Crippen LogP contribution in [0, 0.1) is 5.41 Å². The first kappa shape index (κ1) is 21.2. The lowest BCUT2D eigenvalue weighted by molar-refractivity contribution is 0.0139. The van der Waals surface area contributed by atoms with Gasteiger partial charge in [-0.2, -0.15) is 0 Å². The number of rotatable bonds is 3. The van der Waals surface area contributed by atoms with E-state index in [1.54, 1.807) is 4.90 Å². The third kappa shape index (κ3) is 5.96. The SMILES string of the molecule is CC1(C)COB(c2ccc(CN3CCN(C(=O)OC(C)(C)C)CC3)cc2)OC1. The van der Waals surface area contributed by atoms with Crippen molar-refractivity contribution in [3.05, 3.63) is 29.8 Å². The average molecular weight is 388 g/mol. The van der Waals surface area contributed by atoms with Gasteiger partial charge in [0.05, 0.1) is 0 Å². The van der Waals surface area contributed by atoms with Gasteiger partial charge in [0.15, 0.2) is 0 Å². The van der Waals surface area contributed by atoms with E-state index in [1.165, 1.54) is 5.56 Å². The third-order valence-electron chi connectivity index (χ3n) is 4.93. The van der Waals surface area contributed by atoms with E-state index in [0.29, 0.717) is 26.3 Å². The molecule has 1 aromatic carbocycles. The van der Waals surface area contributed by atoms with E-state index in [9.17, 15) is 4.79 Å². The molecule has 0 radical (unpaired) electrons. The monoisotopic (exact) mass is 388 g/mol. The van der Waals surface area contributed by atoms with Crippen molar-refractivity contribution in [2.24, 2.45) is 5.41 Å². The predicted molar refractivity (Wildman–Crippen MR) is 111 cm³/mol. The summed E-state index contributed by atoms with van der Waals surface area (Å²) in [6.45, 7) is 15.4. The summed E-state index contributed by atoms with van der Waals surface area (Å²) in [4.78, 5) is 16.3. The van der Waals surface area contributed by atoms with Crippen molar-refractivity contribution in [1.82, 2.24) is 9.80 Å². The molecule has 0 aliphatic carbocycles. The number of hydrogen-bond donors (Lipinski definition) is 0. The number of hydrogen-bond acceptors (Lipinski definition) is 5. The zero-order chi connectivity index (χ0) is 20.4. The molecule has 2 fully saturated rings. The van der Waals surface area contributed by atoms with Crippen LogP contribution < -0.4 is 5.46 Å². The lowest BCUT2D eigenvalue weighted by Gasteiger charge is -2.35. The molecule has 0 aromatic heterocycles. The highest BCUT2D eigenvalue weighted by atomic mass is 16.6. The minimum atomic E-state index is -0.447. The van der Waals surface area contributed by atoms with Crippen LogP contribution in [0.2, 0.25) is 0 Å². The molecule has 6 nitrogen and oxygen atoms in total. The van der Waals surface area contributed by atoms with Crippen LogP contribution in [0.5, 0.6) is 0 Å². The molecule has 2 aliphatic rings. The fourth-order valence-electron chi connectivity index (χ4n) is 3.34. The Kier molecular flexibility index (Phi) is 6.37. The highest BCUT2D eigenvalue weighted by Crippen LogP contribution is 2.21. The summed E-state index contributed by atoms with van der Waals surface area (Å²) >= 11 is 0. The van der Waals surface area contributed by atoms with Crippen molar-refractivity contribution < 1.29 is 18.8 Å². The normalized spacial score (nSPS) is 20.9. The van der Waals surface area contributed by atoms with Crippen LogP contribution in [0.3, 0.4) is 0 Å². The van der Waals surface area contributed by atoms with Gasteiger partial charge >= 0.3 is 13.2 Å². The number of benzene rings is 1. The van der Waals surface area contributed by atoms with Crippen molar-refractivity contribution in [2.45, 2.75) is 46.8 Å². The predicted octanol–water partition coefficient (Wildman–Crippen LogP) is 2.51. The molecule has 0 saturated carbocycles. The summed E-state index contributed by atoms with van der Waals surface area (Å²) in [7, 11) is -0.264. The first-order valence-electron chi connectivity index (χ1n) is 10.1. The van der Waals surface area contributed by atoms with Gasteiger partial charge in [0, 0.05) is 51.4 Å². The summed E-state index contributed by atoms with van der Waals surface area (Å²) in [5, 5.41) is 0. The first-order chi connectivity index (χ1) is 13.1. The molecule has 7 heteroatoms. The number of carbonyl (C=O) groups is 1. The molecule has 0 atom stereocenters. The van der Waals surface area contributed by atoms with Crippen molar-refractivity contribution >= 4 is 18.7 Å². The van der Waals surface area contributed by atoms with Crippen LogP contribution in [0.25, 0.3) is 0 Å². The van der Waals surface area contributed by atoms with Gasteiger partial charge in [-0.05, 0) is 31.8 Å². The minimum Gasteiger partial charge on any atom is -0.444 e. The van der Waals surface area contributed by atoms with Crippen molar-refractivity contribution in [3.63, 3.8) is 0 Å². The highest BCUT2D eigenvalue weighted by Gasteiger charge is 2.33. The molecular formula is C21H33BN2O4. The largest absolute Gasteiger partial charge is 0.493 e. The van der Waals surface area contributed by atoms with Gasteiger partial charge in [-0.1, -0.05) is 38.1 Å². The number of carbonyl (C=O) groups excluding carboxylic acids is 1. The summed E-state index contributed by atoms with van der Waals surface area (Å²) in [5.74, 6) is 0. The van der Waals surface area contributed by atoms with Crippen LogP contribution in [0.4, 0.5) is 4.79 Å². The van der Waals surface area contributed by atoms with Gasteiger partial charge in [0.25, 0.3) is 0 Å². The quantitative estimate of drug-likeness (QED) is 0.745. The van der Waals surface area contributed by atoms with E-state index in [1.807, 2.05) is 20.8 Å². The van der Waals surface area contributed by atoms with E-state index >= 15 is 0 Å². The van der Waals surface area contributed by atoms with E-state index in [0.717, 1.165) is 25.1 Å². The molecule has 1 aromatic rings. The summed E-state index contributed by atoms with van der Waals surface area (Å²) < 4.78 is 17.2. The molecule has 2 heterocycles. The molecular weight excluding hydrogens is 355 g/mol.